The third-order valence-corrected chi connectivity index (χ3v) is 3.03. The minimum atomic E-state index is -4.34. The van der Waals surface area contributed by atoms with Gasteiger partial charge in [-0.25, -0.2) is 0 Å². The van der Waals surface area contributed by atoms with E-state index in [4.69, 9.17) is 4.84 Å². The zero-order valence-electron chi connectivity index (χ0n) is 10.9. The summed E-state index contributed by atoms with van der Waals surface area (Å²) < 4.78 is 37.5. The van der Waals surface area contributed by atoms with Crippen molar-refractivity contribution in [2.24, 2.45) is 5.16 Å². The second kappa shape index (κ2) is 6.59. The lowest BCUT2D eigenvalue weighted by Crippen LogP contribution is -2.05. The summed E-state index contributed by atoms with van der Waals surface area (Å²) in [7, 11) is 0. The predicted octanol–water partition coefficient (Wildman–Crippen LogP) is 4.59. The van der Waals surface area contributed by atoms with Gasteiger partial charge in [0.15, 0.2) is 0 Å². The summed E-state index contributed by atoms with van der Waals surface area (Å²) in [6.07, 6.45) is 4.74. The van der Waals surface area contributed by atoms with Gasteiger partial charge in [0.2, 0.25) is 0 Å². The number of halogens is 3. The number of hydrogen-bond acceptors (Lipinski definition) is 2. The fourth-order valence-corrected chi connectivity index (χ4v) is 1.97. The Kier molecular flexibility index (Phi) is 4.82. The Hall–Kier alpha value is -1.78. The van der Waals surface area contributed by atoms with Gasteiger partial charge in [-0.3, -0.25) is 0 Å². The highest BCUT2D eigenvalue weighted by molar-refractivity contribution is 5.78. The Morgan fingerprint density at radius 3 is 2.80 bits per heavy atom. The summed E-state index contributed by atoms with van der Waals surface area (Å²) in [5.74, 6) is 0. The molecule has 1 aromatic rings. The highest BCUT2D eigenvalue weighted by Gasteiger charge is 2.30. The van der Waals surface area contributed by atoms with Gasteiger partial charge < -0.3 is 4.84 Å². The molecule has 2 nitrogen and oxygen atoms in total. The fourth-order valence-electron chi connectivity index (χ4n) is 1.97. The van der Waals surface area contributed by atoms with Gasteiger partial charge in [0.05, 0.1) is 5.56 Å². The second-order valence-electron chi connectivity index (χ2n) is 4.65. The summed E-state index contributed by atoms with van der Waals surface area (Å²) in [6, 6.07) is 5.03. The van der Waals surface area contributed by atoms with E-state index in [2.05, 4.69) is 17.4 Å². The Balaban J connectivity index is 1.88. The zero-order chi connectivity index (χ0) is 14.4. The molecular formula is C15H15F3NO. The normalized spacial score (nSPS) is 16.2. The van der Waals surface area contributed by atoms with E-state index in [0.717, 1.165) is 37.0 Å². The molecule has 0 fully saturated rings. The molecule has 0 spiro atoms. The molecule has 0 N–H and O–H groups in total. The third-order valence-electron chi connectivity index (χ3n) is 3.03. The number of hydrogen-bond donors (Lipinski definition) is 0. The van der Waals surface area contributed by atoms with Crippen LogP contribution in [0.3, 0.4) is 0 Å². The molecule has 0 saturated carbocycles. The van der Waals surface area contributed by atoms with Crippen LogP contribution in [0.2, 0.25) is 0 Å². The predicted molar refractivity (Wildman–Crippen MR) is 70.2 cm³/mol. The molecule has 0 bridgehead atoms. The molecule has 2 rings (SSSR count). The van der Waals surface area contributed by atoms with Crippen molar-refractivity contribution in [2.75, 3.05) is 0 Å². The number of alkyl halides is 3. The molecule has 0 heterocycles. The van der Waals surface area contributed by atoms with E-state index < -0.39 is 11.7 Å². The van der Waals surface area contributed by atoms with Crippen molar-refractivity contribution < 1.29 is 18.0 Å². The first-order valence-electron chi connectivity index (χ1n) is 6.49. The molecule has 0 aliphatic heterocycles. The largest absolute Gasteiger partial charge is 0.416 e. The van der Waals surface area contributed by atoms with Crippen molar-refractivity contribution in [2.45, 2.75) is 38.5 Å². The molecule has 107 valence electrons. The first-order valence-corrected chi connectivity index (χ1v) is 6.49. The molecular weight excluding hydrogens is 267 g/mol. The van der Waals surface area contributed by atoms with Gasteiger partial charge in [0, 0.05) is 0 Å². The lowest BCUT2D eigenvalue weighted by atomic mass is 10.0. The number of benzene rings is 1. The average molecular weight is 282 g/mol. The first kappa shape index (κ1) is 14.6. The molecule has 0 amide bonds. The van der Waals surface area contributed by atoms with Gasteiger partial charge in [-0.15, -0.1) is 0 Å². The van der Waals surface area contributed by atoms with Gasteiger partial charge in [0.25, 0.3) is 0 Å². The molecule has 0 aromatic heterocycles. The van der Waals surface area contributed by atoms with Crippen molar-refractivity contribution in [3.05, 3.63) is 47.0 Å². The topological polar surface area (TPSA) is 21.6 Å². The molecule has 0 atom stereocenters. The number of rotatable bonds is 4. The summed E-state index contributed by atoms with van der Waals surface area (Å²) in [4.78, 5) is 5.00. The molecule has 0 saturated heterocycles. The van der Waals surface area contributed by atoms with Gasteiger partial charge in [-0.1, -0.05) is 23.4 Å². The van der Waals surface area contributed by atoms with E-state index in [0.29, 0.717) is 5.56 Å². The monoisotopic (exact) mass is 282 g/mol. The Morgan fingerprint density at radius 1 is 1.25 bits per heavy atom. The van der Waals surface area contributed by atoms with Crippen molar-refractivity contribution in [1.29, 1.82) is 0 Å². The molecule has 1 aliphatic rings. The highest BCUT2D eigenvalue weighted by Crippen LogP contribution is 2.29. The number of allylic oxidation sites excluding steroid dienone is 2. The van der Waals surface area contributed by atoms with Crippen LogP contribution in [0.5, 0.6) is 0 Å². The van der Waals surface area contributed by atoms with Crippen molar-refractivity contribution in [3.8, 4) is 0 Å². The Labute approximate surface area is 115 Å². The van der Waals surface area contributed by atoms with Crippen LogP contribution in [0, 0.1) is 0 Å². The van der Waals surface area contributed by atoms with E-state index in [9.17, 15) is 13.2 Å². The van der Waals surface area contributed by atoms with Crippen LogP contribution in [0.25, 0.3) is 0 Å². The maximum atomic E-state index is 12.5. The number of nitrogens with zero attached hydrogens (tertiary/aromatic N) is 1. The fraction of sp³-hybridized carbons (Fsp3) is 0.400. The minimum Gasteiger partial charge on any atom is -0.390 e. The zero-order valence-corrected chi connectivity index (χ0v) is 10.9. The Morgan fingerprint density at radius 2 is 2.10 bits per heavy atom. The smallest absolute Gasteiger partial charge is 0.390 e. The second-order valence-corrected chi connectivity index (χ2v) is 4.65. The van der Waals surface area contributed by atoms with Crippen LogP contribution in [-0.4, -0.2) is 6.21 Å². The molecule has 1 radical (unpaired) electrons. The van der Waals surface area contributed by atoms with Crippen molar-refractivity contribution in [3.63, 3.8) is 0 Å². The summed E-state index contributed by atoms with van der Waals surface area (Å²) in [5.41, 5.74) is 0.754. The van der Waals surface area contributed by atoms with Crippen LogP contribution in [-0.2, 0) is 17.6 Å². The molecule has 5 heteroatoms. The van der Waals surface area contributed by atoms with Crippen LogP contribution >= 0.6 is 0 Å². The van der Waals surface area contributed by atoms with E-state index >= 15 is 0 Å². The first-order chi connectivity index (χ1) is 9.55. The standard InChI is InChI=1S/C15H15F3NO/c16-15(17,18)14-8-4-7-13(9-14)11-20-19-10-12-5-2-1-3-6-12/h4-5,7-9H,1-3,6,11H2. The maximum Gasteiger partial charge on any atom is 0.416 e. The quantitative estimate of drug-likeness (QED) is 0.585. The van der Waals surface area contributed by atoms with E-state index in [1.165, 1.54) is 12.5 Å². The van der Waals surface area contributed by atoms with Crippen LogP contribution < -0.4 is 0 Å². The van der Waals surface area contributed by atoms with Crippen LogP contribution in [0.1, 0.15) is 36.8 Å². The minimum absolute atomic E-state index is 0.00417. The van der Waals surface area contributed by atoms with Crippen molar-refractivity contribution >= 4 is 6.21 Å². The molecule has 1 aliphatic carbocycles. The Bertz CT molecular complexity index is 506. The van der Waals surface area contributed by atoms with E-state index in [1.807, 2.05) is 0 Å². The van der Waals surface area contributed by atoms with Crippen molar-refractivity contribution in [1.82, 2.24) is 0 Å². The highest BCUT2D eigenvalue weighted by atomic mass is 19.4. The molecule has 1 aromatic carbocycles. The molecule has 0 unspecified atom stereocenters. The summed E-state index contributed by atoms with van der Waals surface area (Å²) in [5, 5.41) is 3.68. The van der Waals surface area contributed by atoms with Gasteiger partial charge in [0.1, 0.15) is 12.8 Å². The van der Waals surface area contributed by atoms with Gasteiger partial charge in [-0.05, 0) is 49.0 Å². The summed E-state index contributed by atoms with van der Waals surface area (Å²) >= 11 is 0. The lowest BCUT2D eigenvalue weighted by molar-refractivity contribution is -0.137. The van der Waals surface area contributed by atoms with Crippen LogP contribution in [0.4, 0.5) is 13.2 Å². The SMILES string of the molecule is FC(F)(F)c1cccc(CO/N=[C]\C2=CCCCC2)c1. The summed E-state index contributed by atoms with van der Waals surface area (Å²) in [6.45, 7) is 0.00417. The van der Waals surface area contributed by atoms with Gasteiger partial charge >= 0.3 is 6.18 Å². The van der Waals surface area contributed by atoms with Gasteiger partial charge in [-0.2, -0.15) is 13.2 Å². The third kappa shape index (κ3) is 4.40. The lowest BCUT2D eigenvalue weighted by Gasteiger charge is -2.08. The molecule has 20 heavy (non-hydrogen) atoms. The average Bonchev–Trinajstić information content (AvgIpc) is 2.44. The van der Waals surface area contributed by atoms with Crippen LogP contribution in [0.15, 0.2) is 41.1 Å². The van der Waals surface area contributed by atoms with E-state index in [-0.39, 0.29) is 6.61 Å². The van der Waals surface area contributed by atoms with E-state index in [1.54, 1.807) is 6.07 Å². The maximum absolute atomic E-state index is 12.5.